The van der Waals surface area contributed by atoms with Gasteiger partial charge in [0, 0.05) is 6.42 Å². The summed E-state index contributed by atoms with van der Waals surface area (Å²) in [5.41, 5.74) is 1.39. The van der Waals surface area contributed by atoms with Crippen LogP contribution in [0.2, 0.25) is 0 Å². The van der Waals surface area contributed by atoms with Crippen molar-refractivity contribution in [1.29, 1.82) is 0 Å². The highest BCUT2D eigenvalue weighted by Crippen LogP contribution is 2.42. The molecule has 1 atom stereocenters. The van der Waals surface area contributed by atoms with Gasteiger partial charge in [-0.15, -0.1) is 10.2 Å². The van der Waals surface area contributed by atoms with Gasteiger partial charge in [-0.05, 0) is 23.6 Å². The van der Waals surface area contributed by atoms with Crippen LogP contribution in [0.4, 0.5) is 5.13 Å². The maximum atomic E-state index is 13.4. The smallest absolute Gasteiger partial charge is 0.297 e. The van der Waals surface area contributed by atoms with Gasteiger partial charge in [0.25, 0.3) is 5.91 Å². The summed E-state index contributed by atoms with van der Waals surface area (Å²) in [6.07, 6.45) is 0.781. The van der Waals surface area contributed by atoms with Crippen LogP contribution in [0, 0.1) is 5.92 Å². The molecule has 0 fully saturated rings. The highest BCUT2D eigenvalue weighted by Gasteiger charge is 2.45. The molecule has 3 heterocycles. The first-order chi connectivity index (χ1) is 14.5. The zero-order valence-electron chi connectivity index (χ0n) is 16.5. The second-order valence-corrected chi connectivity index (χ2v) is 8.78. The normalized spacial score (nSPS) is 15.9. The van der Waals surface area contributed by atoms with Crippen molar-refractivity contribution in [1.82, 2.24) is 10.2 Å². The summed E-state index contributed by atoms with van der Waals surface area (Å²) in [5, 5.41) is 10.4. The van der Waals surface area contributed by atoms with Crippen molar-refractivity contribution in [2.75, 3.05) is 4.90 Å². The van der Waals surface area contributed by atoms with Crippen LogP contribution in [0.25, 0.3) is 11.0 Å². The predicted molar refractivity (Wildman–Crippen MR) is 116 cm³/mol. The van der Waals surface area contributed by atoms with Crippen LogP contribution in [0.15, 0.2) is 63.8 Å². The molecule has 0 spiro atoms. The Balaban J connectivity index is 1.73. The van der Waals surface area contributed by atoms with Crippen molar-refractivity contribution in [3.63, 3.8) is 0 Å². The quantitative estimate of drug-likeness (QED) is 0.485. The molecule has 0 bridgehead atoms. The fourth-order valence-corrected chi connectivity index (χ4v) is 4.92. The first kappa shape index (κ1) is 18.7. The van der Waals surface area contributed by atoms with Crippen LogP contribution in [0.3, 0.4) is 0 Å². The molecule has 1 amide bonds. The van der Waals surface area contributed by atoms with Crippen molar-refractivity contribution in [2.45, 2.75) is 26.3 Å². The van der Waals surface area contributed by atoms with Crippen LogP contribution >= 0.6 is 11.3 Å². The summed E-state index contributed by atoms with van der Waals surface area (Å²) >= 11 is 1.38. The van der Waals surface area contributed by atoms with Crippen LogP contribution in [-0.2, 0) is 6.42 Å². The van der Waals surface area contributed by atoms with Gasteiger partial charge < -0.3 is 4.42 Å². The first-order valence-corrected chi connectivity index (χ1v) is 10.6. The number of amides is 1. The Morgan fingerprint density at radius 2 is 1.77 bits per heavy atom. The highest BCUT2D eigenvalue weighted by atomic mass is 32.1. The summed E-state index contributed by atoms with van der Waals surface area (Å²) in [5.74, 6) is 0.137. The third-order valence-electron chi connectivity index (χ3n) is 5.14. The Morgan fingerprint density at radius 1 is 1.03 bits per heavy atom. The third kappa shape index (κ3) is 2.93. The van der Waals surface area contributed by atoms with E-state index in [4.69, 9.17) is 4.42 Å². The molecular formula is C23H19N3O3S. The monoisotopic (exact) mass is 417 g/mol. The van der Waals surface area contributed by atoms with Crippen molar-refractivity contribution in [3.8, 4) is 0 Å². The van der Waals surface area contributed by atoms with Gasteiger partial charge in [-0.25, -0.2) is 0 Å². The average Bonchev–Trinajstić information content (AvgIpc) is 3.31. The number of nitrogens with zero attached hydrogens (tertiary/aromatic N) is 3. The number of hydrogen-bond acceptors (Lipinski definition) is 6. The molecule has 6 nitrogen and oxygen atoms in total. The SMILES string of the molecule is CC(C)Cc1nnc(N2C(=O)c3oc4ccccc4c(=O)c3[C@@H]2c2ccccc2)s1. The molecular weight excluding hydrogens is 398 g/mol. The number of benzene rings is 2. The summed E-state index contributed by atoms with van der Waals surface area (Å²) in [6.45, 7) is 4.22. The van der Waals surface area contributed by atoms with E-state index in [1.165, 1.54) is 11.3 Å². The minimum atomic E-state index is -0.602. The van der Waals surface area contributed by atoms with Crippen LogP contribution in [0.1, 0.15) is 46.6 Å². The zero-order valence-corrected chi connectivity index (χ0v) is 17.3. The van der Waals surface area contributed by atoms with Crippen molar-refractivity contribution in [2.24, 2.45) is 5.92 Å². The van der Waals surface area contributed by atoms with E-state index < -0.39 is 6.04 Å². The lowest BCUT2D eigenvalue weighted by molar-refractivity contribution is 0.0970. The molecule has 30 heavy (non-hydrogen) atoms. The molecule has 2 aromatic heterocycles. The van der Waals surface area contributed by atoms with Gasteiger partial charge in [-0.1, -0.05) is 67.6 Å². The van der Waals surface area contributed by atoms with Crippen molar-refractivity contribution >= 4 is 33.3 Å². The standard InChI is InChI=1S/C23H19N3O3S/c1-13(2)12-17-24-25-23(30-17)26-19(14-8-4-3-5-9-14)18-20(27)15-10-6-7-11-16(15)29-21(18)22(26)28/h3-11,13,19H,12H2,1-2H3/t19-/m0/s1. The van der Waals surface area contributed by atoms with E-state index in [0.29, 0.717) is 27.6 Å². The van der Waals surface area contributed by atoms with Crippen LogP contribution in [-0.4, -0.2) is 16.1 Å². The van der Waals surface area contributed by atoms with E-state index >= 15 is 0 Å². The molecule has 1 aliphatic heterocycles. The molecule has 5 rings (SSSR count). The molecule has 0 aliphatic carbocycles. The zero-order chi connectivity index (χ0) is 20.8. The summed E-state index contributed by atoms with van der Waals surface area (Å²) in [7, 11) is 0. The largest absolute Gasteiger partial charge is 0.450 e. The van der Waals surface area contributed by atoms with E-state index in [9.17, 15) is 9.59 Å². The Morgan fingerprint density at radius 3 is 2.53 bits per heavy atom. The molecule has 4 aromatic rings. The minimum Gasteiger partial charge on any atom is -0.450 e. The lowest BCUT2D eigenvalue weighted by atomic mass is 9.99. The summed E-state index contributed by atoms with van der Waals surface area (Å²) in [4.78, 5) is 28.4. The second-order valence-electron chi connectivity index (χ2n) is 7.73. The molecule has 0 radical (unpaired) electrons. The fourth-order valence-electron chi connectivity index (χ4n) is 3.84. The van der Waals surface area contributed by atoms with Crippen LogP contribution < -0.4 is 10.3 Å². The molecule has 0 saturated carbocycles. The number of fused-ring (bicyclic) bond motifs is 2. The molecule has 0 N–H and O–H groups in total. The number of anilines is 1. The molecule has 7 heteroatoms. The summed E-state index contributed by atoms with van der Waals surface area (Å²) < 4.78 is 5.94. The Bertz CT molecular complexity index is 1310. The number of para-hydroxylation sites is 1. The fraction of sp³-hybridized carbons (Fsp3) is 0.217. The van der Waals surface area contributed by atoms with Gasteiger partial charge in [-0.3, -0.25) is 14.5 Å². The maximum Gasteiger partial charge on any atom is 0.297 e. The first-order valence-electron chi connectivity index (χ1n) is 9.81. The Labute approximate surface area is 176 Å². The topological polar surface area (TPSA) is 76.3 Å². The second kappa shape index (κ2) is 7.18. The van der Waals surface area contributed by atoms with E-state index in [-0.39, 0.29) is 17.1 Å². The third-order valence-corrected chi connectivity index (χ3v) is 6.08. The van der Waals surface area contributed by atoms with Crippen LogP contribution in [0.5, 0.6) is 0 Å². The lowest BCUT2D eigenvalue weighted by Gasteiger charge is -2.21. The van der Waals surface area contributed by atoms with Gasteiger partial charge in [0.2, 0.25) is 10.9 Å². The molecule has 2 aromatic carbocycles. The van der Waals surface area contributed by atoms with Gasteiger partial charge in [-0.2, -0.15) is 0 Å². The minimum absolute atomic E-state index is 0.0770. The van der Waals surface area contributed by atoms with Gasteiger partial charge >= 0.3 is 0 Å². The lowest BCUT2D eigenvalue weighted by Crippen LogP contribution is -2.29. The Kier molecular flexibility index (Phi) is 4.47. The Hall–Kier alpha value is -3.32. The van der Waals surface area contributed by atoms with Crippen molar-refractivity contribution < 1.29 is 9.21 Å². The van der Waals surface area contributed by atoms with Gasteiger partial charge in [0.05, 0.1) is 17.0 Å². The molecule has 1 aliphatic rings. The predicted octanol–water partition coefficient (Wildman–Crippen LogP) is 4.59. The van der Waals surface area contributed by atoms with Gasteiger partial charge in [0.1, 0.15) is 10.6 Å². The highest BCUT2D eigenvalue weighted by molar-refractivity contribution is 7.15. The summed E-state index contributed by atoms with van der Waals surface area (Å²) in [6, 6.07) is 15.9. The van der Waals surface area contributed by atoms with Gasteiger partial charge in [0.15, 0.2) is 5.43 Å². The number of rotatable bonds is 4. The molecule has 150 valence electrons. The van der Waals surface area contributed by atoms with Crippen molar-refractivity contribution in [3.05, 3.63) is 86.7 Å². The van der Waals surface area contributed by atoms with E-state index in [1.807, 2.05) is 30.3 Å². The maximum absolute atomic E-state index is 13.4. The number of hydrogen-bond donors (Lipinski definition) is 0. The molecule has 0 saturated heterocycles. The van der Waals surface area contributed by atoms with E-state index in [1.54, 1.807) is 29.2 Å². The molecule has 0 unspecified atom stereocenters. The van der Waals surface area contributed by atoms with E-state index in [0.717, 1.165) is 17.0 Å². The number of aromatic nitrogens is 2. The number of carbonyl (C=O) groups excluding carboxylic acids is 1. The number of carbonyl (C=O) groups is 1. The van der Waals surface area contributed by atoms with E-state index in [2.05, 4.69) is 24.0 Å². The average molecular weight is 417 g/mol.